The molecule has 0 bridgehead atoms. The summed E-state index contributed by atoms with van der Waals surface area (Å²) in [6, 6.07) is 5.06. The van der Waals surface area contributed by atoms with Gasteiger partial charge in [-0.3, -0.25) is 19.3 Å². The first-order valence-corrected chi connectivity index (χ1v) is 7.10. The molecule has 1 aliphatic rings. The quantitative estimate of drug-likeness (QED) is 0.612. The highest BCUT2D eigenvalue weighted by molar-refractivity contribution is 5.62. The Labute approximate surface area is 126 Å². The normalized spacial score (nSPS) is 19.1. The van der Waals surface area contributed by atoms with Crippen LogP contribution in [0.4, 0.5) is 11.5 Å². The second-order valence-corrected chi connectivity index (χ2v) is 5.22. The first kappa shape index (κ1) is 14.5. The minimum Gasteiger partial charge on any atom is -0.380 e. The molecule has 1 aliphatic heterocycles. The van der Waals surface area contributed by atoms with E-state index in [4.69, 9.17) is 4.74 Å². The Hall–Kier alpha value is -2.48. The van der Waals surface area contributed by atoms with Crippen LogP contribution >= 0.6 is 0 Å². The molecule has 3 rings (SSSR count). The molecule has 0 N–H and O–H groups in total. The van der Waals surface area contributed by atoms with Crippen LogP contribution in [0.15, 0.2) is 29.2 Å². The number of aromatic nitrogens is 2. The Bertz CT molecular complexity index is 773. The number of fused-ring (bicyclic) bond motifs is 1. The predicted octanol–water partition coefficient (Wildman–Crippen LogP) is 1.22. The van der Waals surface area contributed by atoms with Crippen LogP contribution in [-0.4, -0.2) is 40.1 Å². The van der Waals surface area contributed by atoms with Crippen molar-refractivity contribution in [1.29, 1.82) is 0 Å². The number of anilines is 1. The molecule has 1 saturated heterocycles. The van der Waals surface area contributed by atoms with Crippen molar-refractivity contribution in [1.82, 2.24) is 9.38 Å². The summed E-state index contributed by atoms with van der Waals surface area (Å²) in [5, 5.41) is 11.4. The molecule has 0 radical (unpaired) electrons. The third-order valence-corrected chi connectivity index (χ3v) is 3.84. The van der Waals surface area contributed by atoms with Crippen LogP contribution < -0.4 is 10.5 Å². The third kappa shape index (κ3) is 2.41. The van der Waals surface area contributed by atoms with Crippen LogP contribution in [0.3, 0.4) is 0 Å². The van der Waals surface area contributed by atoms with Gasteiger partial charge in [0.15, 0.2) is 0 Å². The molecule has 0 saturated carbocycles. The van der Waals surface area contributed by atoms with Crippen molar-refractivity contribution < 1.29 is 9.66 Å². The van der Waals surface area contributed by atoms with Gasteiger partial charge in [-0.1, -0.05) is 6.07 Å². The van der Waals surface area contributed by atoms with Crippen molar-refractivity contribution in [2.45, 2.75) is 19.4 Å². The number of hydrogen-bond donors (Lipinski definition) is 0. The van der Waals surface area contributed by atoms with Crippen molar-refractivity contribution in [2.75, 3.05) is 24.7 Å². The lowest BCUT2D eigenvalue weighted by Crippen LogP contribution is -2.37. The van der Waals surface area contributed by atoms with E-state index in [2.05, 4.69) is 4.98 Å². The molecule has 1 atom stereocenters. The van der Waals surface area contributed by atoms with Gasteiger partial charge in [-0.2, -0.15) is 0 Å². The van der Waals surface area contributed by atoms with Gasteiger partial charge in [0, 0.05) is 25.4 Å². The lowest BCUT2D eigenvalue weighted by molar-refractivity contribution is -0.385. The highest BCUT2D eigenvalue weighted by atomic mass is 16.6. The molecule has 2 aromatic rings. The maximum Gasteiger partial charge on any atom is 0.376 e. The topological polar surface area (TPSA) is 90.0 Å². The van der Waals surface area contributed by atoms with Crippen molar-refractivity contribution >= 4 is 17.2 Å². The number of hydrogen-bond acceptors (Lipinski definition) is 6. The molecule has 0 spiro atoms. The molecule has 1 fully saturated rings. The summed E-state index contributed by atoms with van der Waals surface area (Å²) in [6.07, 6.45) is 2.21. The van der Waals surface area contributed by atoms with Gasteiger partial charge in [0.25, 0.3) is 0 Å². The van der Waals surface area contributed by atoms with Crippen LogP contribution in [0.5, 0.6) is 0 Å². The summed E-state index contributed by atoms with van der Waals surface area (Å²) in [5.74, 6) is 0.124. The van der Waals surface area contributed by atoms with Crippen LogP contribution in [-0.2, 0) is 4.74 Å². The van der Waals surface area contributed by atoms with Crippen molar-refractivity contribution in [3.8, 4) is 0 Å². The van der Waals surface area contributed by atoms with Crippen LogP contribution in [0.2, 0.25) is 0 Å². The Morgan fingerprint density at radius 2 is 2.23 bits per heavy atom. The van der Waals surface area contributed by atoms with Gasteiger partial charge < -0.3 is 9.64 Å². The SMILES string of the molecule is C[C@H]1CCOCCN1c1nc2ccccn2c(=O)c1[N+](=O)[O-]. The molecular formula is C14H16N4O4. The minimum absolute atomic E-state index is 0.0132. The smallest absolute Gasteiger partial charge is 0.376 e. The molecule has 22 heavy (non-hydrogen) atoms. The Balaban J connectivity index is 2.25. The average molecular weight is 304 g/mol. The lowest BCUT2D eigenvalue weighted by atomic mass is 10.2. The van der Waals surface area contributed by atoms with E-state index in [1.807, 2.05) is 6.92 Å². The van der Waals surface area contributed by atoms with Gasteiger partial charge in [-0.15, -0.1) is 0 Å². The summed E-state index contributed by atoms with van der Waals surface area (Å²) in [7, 11) is 0. The van der Waals surface area contributed by atoms with E-state index >= 15 is 0 Å². The Kier molecular flexibility index (Phi) is 3.76. The van der Waals surface area contributed by atoms with E-state index in [9.17, 15) is 14.9 Å². The van der Waals surface area contributed by atoms with Crippen LogP contribution in [0.1, 0.15) is 13.3 Å². The van der Waals surface area contributed by atoms with Crippen molar-refractivity contribution in [3.63, 3.8) is 0 Å². The first-order chi connectivity index (χ1) is 10.6. The fourth-order valence-electron chi connectivity index (χ4n) is 2.64. The molecule has 116 valence electrons. The molecular weight excluding hydrogens is 288 g/mol. The number of nitrogens with zero attached hydrogens (tertiary/aromatic N) is 4. The zero-order valence-electron chi connectivity index (χ0n) is 12.1. The highest BCUT2D eigenvalue weighted by Crippen LogP contribution is 2.26. The fourth-order valence-corrected chi connectivity index (χ4v) is 2.64. The summed E-state index contributed by atoms with van der Waals surface area (Å²) >= 11 is 0. The van der Waals surface area contributed by atoms with Crippen LogP contribution in [0, 0.1) is 10.1 Å². The molecule has 0 unspecified atom stereocenters. The van der Waals surface area contributed by atoms with E-state index in [1.165, 1.54) is 10.6 Å². The molecule has 8 nitrogen and oxygen atoms in total. The maximum absolute atomic E-state index is 12.4. The number of rotatable bonds is 2. The molecule has 0 aliphatic carbocycles. The number of ether oxygens (including phenoxy) is 1. The molecule has 0 aromatic carbocycles. The predicted molar refractivity (Wildman–Crippen MR) is 80.4 cm³/mol. The number of pyridine rings is 1. The average Bonchev–Trinajstić information content (AvgIpc) is 2.71. The standard InChI is InChI=1S/C14H16N4O4/c1-10-5-8-22-9-7-16(10)13-12(18(20)21)14(19)17-6-3-2-4-11(17)15-13/h2-4,6,10H,5,7-9H2,1H3/t10-/m0/s1. The van der Waals surface area contributed by atoms with E-state index in [0.717, 1.165) is 6.42 Å². The fraction of sp³-hybridized carbons (Fsp3) is 0.429. The van der Waals surface area contributed by atoms with E-state index in [0.29, 0.717) is 25.4 Å². The first-order valence-electron chi connectivity index (χ1n) is 7.10. The second-order valence-electron chi connectivity index (χ2n) is 5.22. The van der Waals surface area contributed by atoms with Crippen molar-refractivity contribution in [3.05, 3.63) is 44.9 Å². The molecule has 2 aromatic heterocycles. The summed E-state index contributed by atoms with van der Waals surface area (Å²) in [4.78, 5) is 29.4. The van der Waals surface area contributed by atoms with E-state index in [-0.39, 0.29) is 11.9 Å². The highest BCUT2D eigenvalue weighted by Gasteiger charge is 2.30. The van der Waals surface area contributed by atoms with Crippen molar-refractivity contribution in [2.24, 2.45) is 0 Å². The summed E-state index contributed by atoms with van der Waals surface area (Å²) < 4.78 is 6.61. The van der Waals surface area contributed by atoms with Gasteiger partial charge in [-0.25, -0.2) is 4.98 Å². The van der Waals surface area contributed by atoms with Gasteiger partial charge in [0.1, 0.15) is 5.65 Å². The van der Waals surface area contributed by atoms with Gasteiger partial charge in [-0.05, 0) is 25.5 Å². The van der Waals surface area contributed by atoms with Gasteiger partial charge in [0.2, 0.25) is 5.82 Å². The van der Waals surface area contributed by atoms with Gasteiger partial charge >= 0.3 is 11.2 Å². The summed E-state index contributed by atoms with van der Waals surface area (Å²) in [5.41, 5.74) is -0.758. The maximum atomic E-state index is 12.4. The van der Waals surface area contributed by atoms with Crippen LogP contribution in [0.25, 0.3) is 5.65 Å². The third-order valence-electron chi connectivity index (χ3n) is 3.84. The van der Waals surface area contributed by atoms with E-state index in [1.54, 1.807) is 23.1 Å². The number of nitro groups is 1. The zero-order chi connectivity index (χ0) is 15.7. The summed E-state index contributed by atoms with van der Waals surface area (Å²) in [6.45, 7) is 3.47. The van der Waals surface area contributed by atoms with E-state index < -0.39 is 16.2 Å². The molecule has 0 amide bonds. The minimum atomic E-state index is -0.664. The largest absolute Gasteiger partial charge is 0.380 e. The molecule has 3 heterocycles. The van der Waals surface area contributed by atoms with Gasteiger partial charge in [0.05, 0.1) is 11.5 Å². The second kappa shape index (κ2) is 5.72. The molecule has 8 heteroatoms. The Morgan fingerprint density at radius 1 is 1.41 bits per heavy atom. The monoisotopic (exact) mass is 304 g/mol. The lowest BCUT2D eigenvalue weighted by Gasteiger charge is -2.27. The zero-order valence-corrected chi connectivity index (χ0v) is 12.1. The Morgan fingerprint density at radius 3 is 3.00 bits per heavy atom.